The SMILES string of the molecule is Cn1cc(S(=O)(=O)N2CCC[C@H](C(=O)NCc3ccc(F)cc3)C2)cn1. The van der Waals surface area contributed by atoms with Crippen LogP contribution in [0.15, 0.2) is 41.6 Å². The van der Waals surface area contributed by atoms with Crippen molar-refractivity contribution in [2.24, 2.45) is 13.0 Å². The summed E-state index contributed by atoms with van der Waals surface area (Å²) in [5, 5.41) is 6.71. The summed E-state index contributed by atoms with van der Waals surface area (Å²) >= 11 is 0. The minimum atomic E-state index is -3.65. The maximum absolute atomic E-state index is 12.9. The highest BCUT2D eigenvalue weighted by Crippen LogP contribution is 2.23. The number of halogens is 1. The molecule has 3 rings (SSSR count). The number of aryl methyl sites for hydroxylation is 1. The van der Waals surface area contributed by atoms with Crippen LogP contribution in [0.1, 0.15) is 18.4 Å². The van der Waals surface area contributed by atoms with E-state index in [0.29, 0.717) is 19.4 Å². The van der Waals surface area contributed by atoms with Crippen LogP contribution in [-0.2, 0) is 28.4 Å². The van der Waals surface area contributed by atoms with Crippen LogP contribution < -0.4 is 5.32 Å². The van der Waals surface area contributed by atoms with Crippen LogP contribution in [0.4, 0.5) is 4.39 Å². The number of nitrogens with zero attached hydrogens (tertiary/aromatic N) is 3. The molecule has 1 aliphatic heterocycles. The zero-order chi connectivity index (χ0) is 18.7. The van der Waals surface area contributed by atoms with E-state index in [9.17, 15) is 17.6 Å². The summed E-state index contributed by atoms with van der Waals surface area (Å²) in [6.07, 6.45) is 4.02. The third-order valence-corrected chi connectivity index (χ3v) is 6.27. The molecule has 26 heavy (non-hydrogen) atoms. The van der Waals surface area contributed by atoms with Crippen molar-refractivity contribution in [2.45, 2.75) is 24.3 Å². The first-order chi connectivity index (χ1) is 12.4. The Labute approximate surface area is 151 Å². The molecule has 0 radical (unpaired) electrons. The number of amides is 1. The fourth-order valence-corrected chi connectivity index (χ4v) is 4.50. The molecule has 0 bridgehead atoms. The van der Waals surface area contributed by atoms with Crippen molar-refractivity contribution in [2.75, 3.05) is 13.1 Å². The molecule has 2 aromatic rings. The quantitative estimate of drug-likeness (QED) is 0.847. The molecular weight excluding hydrogens is 359 g/mol. The van der Waals surface area contributed by atoms with Gasteiger partial charge in [0, 0.05) is 32.9 Å². The van der Waals surface area contributed by atoms with E-state index in [4.69, 9.17) is 0 Å². The van der Waals surface area contributed by atoms with Crippen LogP contribution in [0.25, 0.3) is 0 Å². The molecule has 0 aliphatic carbocycles. The molecule has 7 nitrogen and oxygen atoms in total. The average Bonchev–Trinajstić information content (AvgIpc) is 3.08. The molecule has 0 saturated carbocycles. The van der Waals surface area contributed by atoms with Gasteiger partial charge in [-0.25, -0.2) is 12.8 Å². The highest BCUT2D eigenvalue weighted by Gasteiger charge is 2.33. The molecule has 2 heterocycles. The molecule has 1 aromatic carbocycles. The predicted octanol–water partition coefficient (Wildman–Crippen LogP) is 1.28. The summed E-state index contributed by atoms with van der Waals surface area (Å²) in [5.74, 6) is -0.931. The van der Waals surface area contributed by atoms with Crippen LogP contribution in [0.5, 0.6) is 0 Å². The first kappa shape index (κ1) is 18.5. The number of benzene rings is 1. The fraction of sp³-hybridized carbons (Fsp3) is 0.412. The van der Waals surface area contributed by atoms with E-state index >= 15 is 0 Å². The van der Waals surface area contributed by atoms with Gasteiger partial charge in [-0.05, 0) is 30.5 Å². The van der Waals surface area contributed by atoms with E-state index in [2.05, 4.69) is 10.4 Å². The normalized spacial score (nSPS) is 18.6. The van der Waals surface area contributed by atoms with Crippen LogP contribution in [0, 0.1) is 11.7 Å². The van der Waals surface area contributed by atoms with Gasteiger partial charge in [0.1, 0.15) is 10.7 Å². The third kappa shape index (κ3) is 4.10. The number of carbonyl (C=O) groups is 1. The molecule has 1 fully saturated rings. The number of aromatic nitrogens is 2. The van der Waals surface area contributed by atoms with Crippen LogP contribution >= 0.6 is 0 Å². The van der Waals surface area contributed by atoms with Gasteiger partial charge in [-0.1, -0.05) is 12.1 Å². The van der Waals surface area contributed by atoms with Gasteiger partial charge in [-0.15, -0.1) is 0 Å². The molecule has 1 N–H and O–H groups in total. The second-order valence-electron chi connectivity index (χ2n) is 6.40. The minimum Gasteiger partial charge on any atom is -0.352 e. The van der Waals surface area contributed by atoms with Crippen LogP contribution in [0.2, 0.25) is 0 Å². The first-order valence-electron chi connectivity index (χ1n) is 8.37. The molecule has 1 atom stereocenters. The molecule has 1 aromatic heterocycles. The lowest BCUT2D eigenvalue weighted by molar-refractivity contribution is -0.126. The molecule has 1 saturated heterocycles. The lowest BCUT2D eigenvalue weighted by Crippen LogP contribution is -2.45. The second-order valence-corrected chi connectivity index (χ2v) is 8.33. The Morgan fingerprint density at radius 1 is 1.35 bits per heavy atom. The van der Waals surface area contributed by atoms with Gasteiger partial charge in [-0.2, -0.15) is 9.40 Å². The zero-order valence-corrected chi connectivity index (χ0v) is 15.2. The van der Waals surface area contributed by atoms with Crippen molar-refractivity contribution >= 4 is 15.9 Å². The number of sulfonamides is 1. The molecule has 1 aliphatic rings. The van der Waals surface area contributed by atoms with Gasteiger partial charge in [0.25, 0.3) is 0 Å². The van der Waals surface area contributed by atoms with E-state index < -0.39 is 15.9 Å². The van der Waals surface area contributed by atoms with E-state index in [1.54, 1.807) is 19.2 Å². The Morgan fingerprint density at radius 3 is 2.73 bits per heavy atom. The molecule has 0 unspecified atom stereocenters. The highest BCUT2D eigenvalue weighted by molar-refractivity contribution is 7.89. The Morgan fingerprint density at radius 2 is 2.08 bits per heavy atom. The summed E-state index contributed by atoms with van der Waals surface area (Å²) in [5.41, 5.74) is 0.787. The second kappa shape index (κ2) is 7.55. The molecule has 0 spiro atoms. The Balaban J connectivity index is 1.62. The smallest absolute Gasteiger partial charge is 0.246 e. The van der Waals surface area contributed by atoms with Gasteiger partial charge in [0.05, 0.1) is 12.1 Å². The minimum absolute atomic E-state index is 0.132. The number of rotatable bonds is 5. The van der Waals surface area contributed by atoms with Crippen molar-refractivity contribution < 1.29 is 17.6 Å². The van der Waals surface area contributed by atoms with Gasteiger partial charge < -0.3 is 5.32 Å². The molecule has 140 valence electrons. The largest absolute Gasteiger partial charge is 0.352 e. The van der Waals surface area contributed by atoms with Crippen molar-refractivity contribution in [3.63, 3.8) is 0 Å². The summed E-state index contributed by atoms with van der Waals surface area (Å²) in [7, 11) is -2.00. The van der Waals surface area contributed by atoms with Crippen LogP contribution in [-0.4, -0.2) is 41.5 Å². The van der Waals surface area contributed by atoms with Gasteiger partial charge in [0.2, 0.25) is 15.9 Å². The maximum Gasteiger partial charge on any atom is 0.246 e. The first-order valence-corrected chi connectivity index (χ1v) is 9.81. The van der Waals surface area contributed by atoms with Crippen molar-refractivity contribution in [3.05, 3.63) is 48.0 Å². The van der Waals surface area contributed by atoms with Crippen molar-refractivity contribution in [1.82, 2.24) is 19.4 Å². The van der Waals surface area contributed by atoms with Crippen molar-refractivity contribution in [3.8, 4) is 0 Å². The third-order valence-electron chi connectivity index (χ3n) is 4.45. The standard InChI is InChI=1S/C17H21FN4O3S/c1-21-12-16(10-20-21)26(24,25)22-8-2-3-14(11-22)17(23)19-9-13-4-6-15(18)7-5-13/h4-7,10,12,14H,2-3,8-9,11H2,1H3,(H,19,23)/t14-/m0/s1. The number of hydrogen-bond donors (Lipinski definition) is 1. The summed E-state index contributed by atoms with van der Waals surface area (Å²) in [4.78, 5) is 12.6. The molecule has 9 heteroatoms. The number of piperidine rings is 1. The molecular formula is C17H21FN4O3S. The predicted molar refractivity (Wildman–Crippen MR) is 92.9 cm³/mol. The van der Waals surface area contributed by atoms with Gasteiger partial charge in [0.15, 0.2) is 0 Å². The zero-order valence-electron chi connectivity index (χ0n) is 14.4. The van der Waals surface area contributed by atoms with E-state index in [-0.39, 0.29) is 29.7 Å². The fourth-order valence-electron chi connectivity index (χ4n) is 2.99. The Hall–Kier alpha value is -2.26. The van der Waals surface area contributed by atoms with Crippen molar-refractivity contribution in [1.29, 1.82) is 0 Å². The maximum atomic E-state index is 12.9. The Bertz CT molecular complexity index is 880. The summed E-state index contributed by atoms with van der Waals surface area (Å²) in [6.45, 7) is 0.816. The molecule has 1 amide bonds. The van der Waals surface area contributed by atoms with Crippen LogP contribution in [0.3, 0.4) is 0 Å². The Kier molecular flexibility index (Phi) is 5.38. The van der Waals surface area contributed by atoms with E-state index in [0.717, 1.165) is 5.56 Å². The van der Waals surface area contributed by atoms with E-state index in [1.165, 1.54) is 33.5 Å². The summed E-state index contributed by atoms with van der Waals surface area (Å²) < 4.78 is 41.1. The average molecular weight is 380 g/mol. The number of nitrogens with one attached hydrogen (secondary N) is 1. The number of carbonyl (C=O) groups excluding carboxylic acids is 1. The lowest BCUT2D eigenvalue weighted by Gasteiger charge is -2.30. The number of hydrogen-bond acceptors (Lipinski definition) is 4. The van der Waals surface area contributed by atoms with Gasteiger partial charge >= 0.3 is 0 Å². The van der Waals surface area contributed by atoms with E-state index in [1.807, 2.05) is 0 Å². The topological polar surface area (TPSA) is 84.3 Å². The summed E-state index contributed by atoms with van der Waals surface area (Å²) in [6, 6.07) is 5.89. The lowest BCUT2D eigenvalue weighted by atomic mass is 9.99. The monoisotopic (exact) mass is 380 g/mol. The van der Waals surface area contributed by atoms with Gasteiger partial charge in [-0.3, -0.25) is 9.48 Å². The highest BCUT2D eigenvalue weighted by atomic mass is 32.2.